The number of fused-ring (bicyclic) bond motifs is 1. The minimum Gasteiger partial charge on any atom is -0.462 e. The number of furan rings is 1. The van der Waals surface area contributed by atoms with Gasteiger partial charge >= 0.3 is 0 Å². The van der Waals surface area contributed by atoms with E-state index in [1.165, 1.54) is 6.26 Å². The number of amides is 1. The smallest absolute Gasteiger partial charge is 0.257 e. The summed E-state index contributed by atoms with van der Waals surface area (Å²) in [5.74, 6) is -0.0594. The number of benzene rings is 1. The fourth-order valence-electron chi connectivity index (χ4n) is 3.20. The van der Waals surface area contributed by atoms with Crippen molar-refractivity contribution in [3.8, 4) is 6.07 Å². The van der Waals surface area contributed by atoms with Crippen molar-refractivity contribution in [3.05, 3.63) is 58.9 Å². The van der Waals surface area contributed by atoms with E-state index in [1.807, 2.05) is 17.0 Å². The predicted molar refractivity (Wildman–Crippen MR) is 98.3 cm³/mol. The maximum absolute atomic E-state index is 12.9. The number of aromatic nitrogens is 1. The molecule has 1 aromatic carbocycles. The predicted octanol–water partition coefficient (Wildman–Crippen LogP) is 3.32. The van der Waals surface area contributed by atoms with Crippen molar-refractivity contribution in [1.29, 1.82) is 5.26 Å². The van der Waals surface area contributed by atoms with Gasteiger partial charge in [0.1, 0.15) is 5.52 Å². The van der Waals surface area contributed by atoms with Crippen LogP contribution in [0.15, 0.2) is 47.2 Å². The van der Waals surface area contributed by atoms with E-state index in [0.717, 1.165) is 5.69 Å². The molecule has 3 heterocycles. The standard InChI is InChI=1S/C19H15ClN4O2/c20-14-9-13(12-21)10-15(11-14)23-4-6-24(7-5-23)19(25)16-1-3-22-17-2-8-26-18(16)17/h1-3,8-11H,4-7H2. The molecular weight excluding hydrogens is 352 g/mol. The lowest BCUT2D eigenvalue weighted by Gasteiger charge is -2.36. The molecule has 3 aromatic rings. The molecule has 0 atom stereocenters. The number of halogens is 1. The molecule has 0 bridgehead atoms. The molecule has 1 fully saturated rings. The molecule has 4 rings (SSSR count). The van der Waals surface area contributed by atoms with Crippen LogP contribution in [0.5, 0.6) is 0 Å². The fraction of sp³-hybridized carbons (Fsp3) is 0.211. The Balaban J connectivity index is 1.50. The van der Waals surface area contributed by atoms with Gasteiger partial charge in [-0.1, -0.05) is 11.6 Å². The Kier molecular flexibility index (Phi) is 4.23. The van der Waals surface area contributed by atoms with Crippen molar-refractivity contribution in [2.24, 2.45) is 0 Å². The Labute approximate surface area is 155 Å². The van der Waals surface area contributed by atoms with E-state index in [9.17, 15) is 4.79 Å². The van der Waals surface area contributed by atoms with E-state index in [2.05, 4.69) is 16.0 Å². The van der Waals surface area contributed by atoms with E-state index in [-0.39, 0.29) is 5.91 Å². The second-order valence-electron chi connectivity index (χ2n) is 6.08. The van der Waals surface area contributed by atoms with Gasteiger partial charge in [0.05, 0.1) is 23.5 Å². The maximum Gasteiger partial charge on any atom is 0.257 e. The normalized spacial score (nSPS) is 14.5. The quantitative estimate of drug-likeness (QED) is 0.695. The zero-order chi connectivity index (χ0) is 18.1. The first kappa shape index (κ1) is 16.4. The second kappa shape index (κ2) is 6.70. The highest BCUT2D eigenvalue weighted by atomic mass is 35.5. The molecule has 0 unspecified atom stereocenters. The Morgan fingerprint density at radius 1 is 1.19 bits per heavy atom. The molecule has 1 aliphatic rings. The molecule has 0 saturated carbocycles. The molecule has 0 aliphatic carbocycles. The largest absolute Gasteiger partial charge is 0.462 e. The summed E-state index contributed by atoms with van der Waals surface area (Å²) in [5, 5.41) is 9.64. The fourth-order valence-corrected chi connectivity index (χ4v) is 3.43. The Hall–Kier alpha value is -3.04. The first-order chi connectivity index (χ1) is 12.7. The first-order valence-electron chi connectivity index (χ1n) is 8.23. The number of rotatable bonds is 2. The van der Waals surface area contributed by atoms with Gasteiger partial charge in [-0.05, 0) is 24.3 Å². The van der Waals surface area contributed by atoms with E-state index in [0.29, 0.717) is 53.4 Å². The number of nitriles is 1. The minimum atomic E-state index is -0.0594. The highest BCUT2D eigenvalue weighted by Crippen LogP contribution is 2.25. The molecule has 1 amide bonds. The average molecular weight is 367 g/mol. The zero-order valence-electron chi connectivity index (χ0n) is 13.9. The van der Waals surface area contributed by atoms with Crippen LogP contribution in [0.3, 0.4) is 0 Å². The van der Waals surface area contributed by atoms with Gasteiger partial charge in [0.15, 0.2) is 5.58 Å². The van der Waals surface area contributed by atoms with Gasteiger partial charge in [-0.2, -0.15) is 5.26 Å². The SMILES string of the molecule is N#Cc1cc(Cl)cc(N2CCN(C(=O)c3ccnc4ccoc34)CC2)c1. The summed E-state index contributed by atoms with van der Waals surface area (Å²) >= 11 is 6.09. The molecule has 26 heavy (non-hydrogen) atoms. The summed E-state index contributed by atoms with van der Waals surface area (Å²) in [4.78, 5) is 21.0. The first-order valence-corrected chi connectivity index (χ1v) is 8.60. The van der Waals surface area contributed by atoms with Crippen LogP contribution < -0.4 is 4.90 Å². The lowest BCUT2D eigenvalue weighted by atomic mass is 10.1. The minimum absolute atomic E-state index is 0.0594. The number of piperazine rings is 1. The van der Waals surface area contributed by atoms with Crippen LogP contribution in [0.25, 0.3) is 11.1 Å². The van der Waals surface area contributed by atoms with Crippen LogP contribution in [-0.4, -0.2) is 42.0 Å². The lowest BCUT2D eigenvalue weighted by Crippen LogP contribution is -2.48. The molecule has 6 nitrogen and oxygen atoms in total. The third kappa shape index (κ3) is 2.98. The van der Waals surface area contributed by atoms with Gasteiger partial charge in [0.25, 0.3) is 5.91 Å². The number of hydrogen-bond acceptors (Lipinski definition) is 5. The number of nitrogens with zero attached hydrogens (tertiary/aromatic N) is 4. The van der Waals surface area contributed by atoms with Crippen molar-refractivity contribution in [2.75, 3.05) is 31.1 Å². The van der Waals surface area contributed by atoms with Crippen LogP contribution in [0.4, 0.5) is 5.69 Å². The van der Waals surface area contributed by atoms with E-state index >= 15 is 0 Å². The van der Waals surface area contributed by atoms with Gasteiger partial charge in [-0.3, -0.25) is 9.78 Å². The third-order valence-electron chi connectivity index (χ3n) is 4.52. The highest BCUT2D eigenvalue weighted by molar-refractivity contribution is 6.31. The van der Waals surface area contributed by atoms with Crippen LogP contribution in [0.1, 0.15) is 15.9 Å². The molecule has 2 aromatic heterocycles. The van der Waals surface area contributed by atoms with Crippen LogP contribution >= 0.6 is 11.6 Å². The van der Waals surface area contributed by atoms with Crippen LogP contribution in [0, 0.1) is 11.3 Å². The summed E-state index contributed by atoms with van der Waals surface area (Å²) in [5.41, 5.74) is 3.16. The number of hydrogen-bond donors (Lipinski definition) is 0. The Bertz CT molecular complexity index is 1020. The van der Waals surface area contributed by atoms with Crippen LogP contribution in [-0.2, 0) is 0 Å². The third-order valence-corrected chi connectivity index (χ3v) is 4.74. The highest BCUT2D eigenvalue weighted by Gasteiger charge is 2.25. The molecular formula is C19H15ClN4O2. The Morgan fingerprint density at radius 2 is 2.00 bits per heavy atom. The van der Waals surface area contributed by atoms with Gasteiger partial charge in [-0.15, -0.1) is 0 Å². The van der Waals surface area contributed by atoms with Crippen molar-refractivity contribution in [1.82, 2.24) is 9.88 Å². The molecule has 0 N–H and O–H groups in total. The summed E-state index contributed by atoms with van der Waals surface area (Å²) in [6, 6.07) is 10.9. The number of pyridine rings is 1. The van der Waals surface area contributed by atoms with Crippen molar-refractivity contribution >= 4 is 34.3 Å². The summed E-state index contributed by atoms with van der Waals surface area (Å²) in [6.45, 7) is 2.50. The molecule has 7 heteroatoms. The van der Waals surface area contributed by atoms with E-state index in [1.54, 1.807) is 24.4 Å². The molecule has 1 aliphatic heterocycles. The summed E-state index contributed by atoms with van der Waals surface area (Å²) < 4.78 is 5.42. The van der Waals surface area contributed by atoms with Crippen LogP contribution in [0.2, 0.25) is 5.02 Å². The maximum atomic E-state index is 12.9. The van der Waals surface area contributed by atoms with Gasteiger partial charge < -0.3 is 14.2 Å². The zero-order valence-corrected chi connectivity index (χ0v) is 14.6. The summed E-state index contributed by atoms with van der Waals surface area (Å²) in [7, 11) is 0. The van der Waals surface area contributed by atoms with Crippen molar-refractivity contribution in [2.45, 2.75) is 0 Å². The monoisotopic (exact) mass is 366 g/mol. The molecule has 0 spiro atoms. The number of anilines is 1. The Morgan fingerprint density at radius 3 is 2.77 bits per heavy atom. The van der Waals surface area contributed by atoms with Crippen molar-refractivity contribution < 1.29 is 9.21 Å². The lowest BCUT2D eigenvalue weighted by molar-refractivity contribution is 0.0747. The van der Waals surface area contributed by atoms with Gasteiger partial charge in [0.2, 0.25) is 0 Å². The number of carbonyl (C=O) groups excluding carboxylic acids is 1. The van der Waals surface area contributed by atoms with E-state index in [4.69, 9.17) is 21.3 Å². The second-order valence-corrected chi connectivity index (χ2v) is 6.52. The topological polar surface area (TPSA) is 73.4 Å². The van der Waals surface area contributed by atoms with Gasteiger partial charge in [-0.25, -0.2) is 0 Å². The van der Waals surface area contributed by atoms with Crippen molar-refractivity contribution in [3.63, 3.8) is 0 Å². The molecule has 0 radical (unpaired) electrons. The molecule has 130 valence electrons. The average Bonchev–Trinajstić information content (AvgIpc) is 3.16. The summed E-state index contributed by atoms with van der Waals surface area (Å²) in [6.07, 6.45) is 3.16. The van der Waals surface area contributed by atoms with E-state index < -0.39 is 0 Å². The number of carbonyl (C=O) groups is 1. The molecule has 1 saturated heterocycles. The van der Waals surface area contributed by atoms with Gasteiger partial charge in [0, 0.05) is 49.2 Å².